The van der Waals surface area contributed by atoms with Crippen molar-refractivity contribution >= 4 is 27.3 Å². The Morgan fingerprint density at radius 1 is 1.06 bits per heavy atom. The van der Waals surface area contributed by atoms with E-state index in [4.69, 9.17) is 4.74 Å². The first-order valence-corrected chi connectivity index (χ1v) is 12.2. The van der Waals surface area contributed by atoms with E-state index in [0.29, 0.717) is 17.4 Å². The minimum absolute atomic E-state index is 0.000642. The van der Waals surface area contributed by atoms with Crippen LogP contribution in [0.3, 0.4) is 0 Å². The summed E-state index contributed by atoms with van der Waals surface area (Å²) >= 11 is 0. The van der Waals surface area contributed by atoms with Gasteiger partial charge in [0.2, 0.25) is 0 Å². The molecule has 0 aliphatic heterocycles. The Hall–Kier alpha value is -2.87. The van der Waals surface area contributed by atoms with E-state index in [1.54, 1.807) is 36.4 Å². The third-order valence-electron chi connectivity index (χ3n) is 5.85. The zero-order valence-electron chi connectivity index (χ0n) is 19.0. The molecule has 1 amide bonds. The maximum absolute atomic E-state index is 12.7. The third kappa shape index (κ3) is 6.09. The van der Waals surface area contributed by atoms with Crippen molar-refractivity contribution in [2.45, 2.75) is 51.3 Å². The number of anilines is 1. The molecule has 0 radical (unpaired) electrons. The lowest BCUT2D eigenvalue weighted by Gasteiger charge is -2.34. The predicted octanol–water partition coefficient (Wildman–Crippen LogP) is 4.82. The smallest absolute Gasteiger partial charge is 0.271 e. The summed E-state index contributed by atoms with van der Waals surface area (Å²) in [7, 11) is -2.31. The van der Waals surface area contributed by atoms with Gasteiger partial charge >= 0.3 is 0 Å². The second kappa shape index (κ2) is 9.73. The Morgan fingerprint density at radius 2 is 1.72 bits per heavy atom. The lowest BCUT2D eigenvalue weighted by atomic mass is 9.72. The second-order valence-electron chi connectivity index (χ2n) is 9.12. The standard InChI is InChI=1S/C24H31N3O4S/c1-24(2,3)18-8-10-19(11-9-18)25-26-23(28)17-6-5-7-22(16-17)32(29,30)27-20-12-14-21(31-4)15-13-20/h5-7,12-16,18,27H,8-11H2,1-4H3,(H,26,28). The minimum atomic E-state index is -3.85. The Balaban J connectivity index is 1.65. The number of ether oxygens (including phenoxy) is 1. The number of sulfonamides is 1. The molecule has 172 valence electrons. The van der Waals surface area contributed by atoms with Crippen molar-refractivity contribution < 1.29 is 17.9 Å². The second-order valence-corrected chi connectivity index (χ2v) is 10.8. The molecular weight excluding hydrogens is 426 g/mol. The van der Waals surface area contributed by atoms with Crippen LogP contribution in [-0.2, 0) is 10.0 Å². The summed E-state index contributed by atoms with van der Waals surface area (Å²) in [6.07, 6.45) is 3.84. The maximum atomic E-state index is 12.7. The molecule has 32 heavy (non-hydrogen) atoms. The molecule has 0 bridgehead atoms. The molecule has 2 N–H and O–H groups in total. The molecule has 2 aromatic rings. The van der Waals surface area contributed by atoms with Crippen molar-refractivity contribution in [1.29, 1.82) is 0 Å². The number of methoxy groups -OCH3 is 1. The van der Waals surface area contributed by atoms with E-state index in [1.165, 1.54) is 19.2 Å². The van der Waals surface area contributed by atoms with Crippen LogP contribution in [0.25, 0.3) is 0 Å². The molecule has 8 heteroatoms. The van der Waals surface area contributed by atoms with Gasteiger partial charge in [-0.1, -0.05) is 26.8 Å². The van der Waals surface area contributed by atoms with Crippen molar-refractivity contribution in [2.24, 2.45) is 16.4 Å². The van der Waals surface area contributed by atoms with Crippen molar-refractivity contribution in [3.8, 4) is 5.75 Å². The first kappa shape index (κ1) is 23.8. The summed E-state index contributed by atoms with van der Waals surface area (Å²) in [6, 6.07) is 12.4. The van der Waals surface area contributed by atoms with Crippen LogP contribution in [0.15, 0.2) is 58.5 Å². The largest absolute Gasteiger partial charge is 0.497 e. The van der Waals surface area contributed by atoms with Gasteiger partial charge in [-0.3, -0.25) is 9.52 Å². The van der Waals surface area contributed by atoms with Gasteiger partial charge in [0.25, 0.3) is 15.9 Å². The Morgan fingerprint density at radius 3 is 2.31 bits per heavy atom. The van der Waals surface area contributed by atoms with Gasteiger partial charge in [0.1, 0.15) is 5.75 Å². The van der Waals surface area contributed by atoms with Gasteiger partial charge in [0, 0.05) is 17.0 Å². The van der Waals surface area contributed by atoms with E-state index in [9.17, 15) is 13.2 Å². The summed E-state index contributed by atoms with van der Waals surface area (Å²) in [5.74, 6) is 0.842. The van der Waals surface area contributed by atoms with Crippen LogP contribution < -0.4 is 14.9 Å². The fourth-order valence-electron chi connectivity index (χ4n) is 3.80. The van der Waals surface area contributed by atoms with Crippen LogP contribution >= 0.6 is 0 Å². The van der Waals surface area contributed by atoms with Crippen LogP contribution in [0, 0.1) is 11.3 Å². The van der Waals surface area contributed by atoms with Crippen LogP contribution in [0.5, 0.6) is 5.75 Å². The Kier molecular flexibility index (Phi) is 7.23. The molecule has 0 saturated heterocycles. The topological polar surface area (TPSA) is 96.9 Å². The normalized spacial score (nSPS) is 16.9. The average molecular weight is 458 g/mol. The van der Waals surface area contributed by atoms with Crippen LogP contribution in [0.4, 0.5) is 5.69 Å². The molecule has 7 nitrogen and oxygen atoms in total. The van der Waals surface area contributed by atoms with Gasteiger partial charge < -0.3 is 4.74 Å². The third-order valence-corrected chi connectivity index (χ3v) is 7.23. The number of rotatable bonds is 6. The SMILES string of the molecule is COc1ccc(NS(=O)(=O)c2cccc(C(=O)NN=C3CCC(C(C)(C)C)CC3)c2)cc1. The molecule has 0 atom stereocenters. The number of amides is 1. The number of carbonyl (C=O) groups excluding carboxylic acids is 1. The lowest BCUT2D eigenvalue weighted by Crippen LogP contribution is -2.27. The molecule has 1 saturated carbocycles. The summed E-state index contributed by atoms with van der Waals surface area (Å²) in [4.78, 5) is 12.6. The van der Waals surface area contributed by atoms with Gasteiger partial charge in [-0.25, -0.2) is 13.8 Å². The number of nitrogens with one attached hydrogen (secondary N) is 2. The van der Waals surface area contributed by atoms with Gasteiger partial charge in [-0.15, -0.1) is 0 Å². The van der Waals surface area contributed by atoms with Crippen LogP contribution in [0.2, 0.25) is 0 Å². The molecule has 0 heterocycles. The molecular formula is C24H31N3O4S. The van der Waals surface area contributed by atoms with E-state index in [-0.39, 0.29) is 15.9 Å². The molecule has 1 aliphatic carbocycles. The number of hydrazone groups is 1. The molecule has 3 rings (SSSR count). The highest BCUT2D eigenvalue weighted by atomic mass is 32.2. The van der Waals surface area contributed by atoms with E-state index in [1.807, 2.05) is 0 Å². The highest BCUT2D eigenvalue weighted by molar-refractivity contribution is 7.92. The molecule has 0 spiro atoms. The Bertz CT molecular complexity index is 1080. The van der Waals surface area contributed by atoms with Crippen molar-refractivity contribution in [1.82, 2.24) is 5.43 Å². The van der Waals surface area contributed by atoms with Gasteiger partial charge in [-0.05, 0) is 79.5 Å². The highest BCUT2D eigenvalue weighted by Gasteiger charge is 2.28. The summed E-state index contributed by atoms with van der Waals surface area (Å²) < 4.78 is 33.1. The minimum Gasteiger partial charge on any atom is -0.497 e. The summed E-state index contributed by atoms with van der Waals surface area (Å²) in [6.45, 7) is 6.77. The number of hydrogen-bond donors (Lipinski definition) is 2. The zero-order chi connectivity index (χ0) is 23.4. The molecule has 1 fully saturated rings. The van der Waals surface area contributed by atoms with Gasteiger partial charge in [0.15, 0.2) is 0 Å². The average Bonchev–Trinajstić information content (AvgIpc) is 2.77. The number of carbonyl (C=O) groups is 1. The highest BCUT2D eigenvalue weighted by Crippen LogP contribution is 2.36. The molecule has 0 unspecified atom stereocenters. The number of benzene rings is 2. The molecule has 1 aliphatic rings. The lowest BCUT2D eigenvalue weighted by molar-refractivity contribution is 0.0954. The quantitative estimate of drug-likeness (QED) is 0.608. The van der Waals surface area contributed by atoms with Crippen molar-refractivity contribution in [3.63, 3.8) is 0 Å². The summed E-state index contributed by atoms with van der Waals surface area (Å²) in [5.41, 5.74) is 4.47. The van der Waals surface area contributed by atoms with Gasteiger partial charge in [0.05, 0.1) is 12.0 Å². The molecule has 2 aromatic carbocycles. The van der Waals surface area contributed by atoms with E-state index in [2.05, 4.69) is 36.0 Å². The van der Waals surface area contributed by atoms with E-state index < -0.39 is 15.9 Å². The van der Waals surface area contributed by atoms with E-state index >= 15 is 0 Å². The molecule has 0 aromatic heterocycles. The first-order chi connectivity index (χ1) is 15.1. The van der Waals surface area contributed by atoms with Crippen LogP contribution in [0.1, 0.15) is 56.8 Å². The monoisotopic (exact) mass is 457 g/mol. The Labute approximate surface area is 190 Å². The summed E-state index contributed by atoms with van der Waals surface area (Å²) in [5, 5.41) is 4.29. The first-order valence-electron chi connectivity index (χ1n) is 10.7. The predicted molar refractivity (Wildman–Crippen MR) is 127 cm³/mol. The van der Waals surface area contributed by atoms with Crippen LogP contribution in [-0.4, -0.2) is 27.1 Å². The number of nitrogens with zero attached hydrogens (tertiary/aromatic N) is 1. The zero-order valence-corrected chi connectivity index (χ0v) is 19.8. The van der Waals surface area contributed by atoms with E-state index in [0.717, 1.165) is 31.4 Å². The van der Waals surface area contributed by atoms with Gasteiger partial charge in [-0.2, -0.15) is 5.10 Å². The fraction of sp³-hybridized carbons (Fsp3) is 0.417. The fourth-order valence-corrected chi connectivity index (χ4v) is 4.90. The maximum Gasteiger partial charge on any atom is 0.271 e. The van der Waals surface area contributed by atoms with Crippen molar-refractivity contribution in [2.75, 3.05) is 11.8 Å². The van der Waals surface area contributed by atoms with Crippen molar-refractivity contribution in [3.05, 3.63) is 54.1 Å². The number of hydrogen-bond acceptors (Lipinski definition) is 5.